The average Bonchev–Trinajstić information content (AvgIpc) is 2.86. The maximum absolute atomic E-state index is 12.9. The molecule has 0 aromatic heterocycles. The summed E-state index contributed by atoms with van der Waals surface area (Å²) in [5, 5.41) is 2.82. The Hall–Kier alpha value is -3.21. The molecular formula is C26H29N3O5S2. The largest absolute Gasteiger partial charge is 0.326 e. The first-order valence-corrected chi connectivity index (χ1v) is 14.7. The lowest BCUT2D eigenvalue weighted by Crippen LogP contribution is -2.41. The maximum atomic E-state index is 12.9. The fourth-order valence-corrected chi connectivity index (χ4v) is 6.86. The van der Waals surface area contributed by atoms with E-state index in [1.54, 1.807) is 42.5 Å². The van der Waals surface area contributed by atoms with E-state index in [1.165, 1.54) is 16.4 Å². The van der Waals surface area contributed by atoms with Gasteiger partial charge >= 0.3 is 0 Å². The highest BCUT2D eigenvalue weighted by Crippen LogP contribution is 2.24. The maximum Gasteiger partial charge on any atom is 0.261 e. The van der Waals surface area contributed by atoms with E-state index in [1.807, 2.05) is 31.2 Å². The summed E-state index contributed by atoms with van der Waals surface area (Å²) in [6, 6.07) is 22.0. The van der Waals surface area contributed by atoms with Gasteiger partial charge in [0.05, 0.1) is 10.6 Å². The van der Waals surface area contributed by atoms with Crippen LogP contribution >= 0.6 is 0 Å². The van der Waals surface area contributed by atoms with E-state index in [0.717, 1.165) is 11.1 Å². The van der Waals surface area contributed by atoms with Gasteiger partial charge in [0.2, 0.25) is 15.9 Å². The summed E-state index contributed by atoms with van der Waals surface area (Å²) in [5.74, 6) is -0.577. The SMILES string of the molecule is Cc1ccccc1CS(=O)(=O)N1CCC(C(=O)Nc2ccc(S(=O)(=O)Nc3ccccc3)cc2)CC1. The lowest BCUT2D eigenvalue weighted by Gasteiger charge is -2.30. The van der Waals surface area contributed by atoms with E-state index < -0.39 is 20.0 Å². The minimum absolute atomic E-state index is 0.0507. The lowest BCUT2D eigenvalue weighted by molar-refractivity contribution is -0.120. The van der Waals surface area contributed by atoms with Crippen LogP contribution in [0.5, 0.6) is 0 Å². The summed E-state index contributed by atoms with van der Waals surface area (Å²) in [6.07, 6.45) is 0.846. The van der Waals surface area contributed by atoms with Crippen molar-refractivity contribution in [3.05, 3.63) is 90.0 Å². The van der Waals surface area contributed by atoms with Crippen LogP contribution in [0.3, 0.4) is 0 Å². The molecule has 8 nitrogen and oxygen atoms in total. The highest BCUT2D eigenvalue weighted by atomic mass is 32.2. The molecule has 10 heteroatoms. The molecule has 0 radical (unpaired) electrons. The first kappa shape index (κ1) is 25.9. The Morgan fingerprint density at radius 2 is 1.44 bits per heavy atom. The number of rotatable bonds is 8. The van der Waals surface area contributed by atoms with E-state index >= 15 is 0 Å². The normalized spacial score (nSPS) is 15.4. The summed E-state index contributed by atoms with van der Waals surface area (Å²) < 4.78 is 54.9. The van der Waals surface area contributed by atoms with Crippen LogP contribution in [-0.2, 0) is 30.6 Å². The molecule has 0 atom stereocenters. The van der Waals surface area contributed by atoms with Crippen LogP contribution in [0.2, 0.25) is 0 Å². The summed E-state index contributed by atoms with van der Waals surface area (Å²) in [7, 11) is -7.22. The number of hydrogen-bond donors (Lipinski definition) is 2. The van der Waals surface area contributed by atoms with Crippen LogP contribution in [0.1, 0.15) is 24.0 Å². The third-order valence-electron chi connectivity index (χ3n) is 6.28. The minimum atomic E-state index is -3.75. The molecule has 0 bridgehead atoms. The monoisotopic (exact) mass is 527 g/mol. The molecule has 1 saturated heterocycles. The standard InChI is InChI=1S/C26H29N3O5S2/c1-20-7-5-6-8-22(20)19-35(31,32)29-17-15-21(16-18-29)26(30)27-23-11-13-25(14-12-23)36(33,34)28-24-9-3-2-4-10-24/h2-14,21,28H,15-19H2,1H3,(H,27,30). The summed E-state index contributed by atoms with van der Waals surface area (Å²) in [5.41, 5.74) is 2.65. The van der Waals surface area contributed by atoms with E-state index in [0.29, 0.717) is 24.2 Å². The Morgan fingerprint density at radius 1 is 0.833 bits per heavy atom. The van der Waals surface area contributed by atoms with Crippen molar-refractivity contribution >= 4 is 37.3 Å². The number of amides is 1. The van der Waals surface area contributed by atoms with Gasteiger partial charge in [-0.05, 0) is 67.3 Å². The fraction of sp³-hybridized carbons (Fsp3) is 0.269. The summed E-state index contributed by atoms with van der Waals surface area (Å²) in [4.78, 5) is 12.9. The molecule has 0 saturated carbocycles. The molecule has 0 spiro atoms. The molecule has 1 aliphatic rings. The number of sulfonamides is 2. The van der Waals surface area contributed by atoms with Gasteiger partial charge in [0.15, 0.2) is 0 Å². The highest BCUT2D eigenvalue weighted by molar-refractivity contribution is 7.92. The van der Waals surface area contributed by atoms with Crippen LogP contribution in [0, 0.1) is 12.8 Å². The van der Waals surface area contributed by atoms with Crippen LogP contribution < -0.4 is 10.0 Å². The molecule has 36 heavy (non-hydrogen) atoms. The molecule has 3 aromatic rings. The molecule has 1 amide bonds. The van der Waals surface area contributed by atoms with Crippen molar-refractivity contribution in [2.45, 2.75) is 30.4 Å². The molecule has 2 N–H and O–H groups in total. The van der Waals surface area contributed by atoms with Crippen LogP contribution in [0.25, 0.3) is 0 Å². The first-order chi connectivity index (χ1) is 17.1. The summed E-state index contributed by atoms with van der Waals surface area (Å²) >= 11 is 0. The van der Waals surface area contributed by atoms with Crippen molar-refractivity contribution in [2.75, 3.05) is 23.1 Å². The number of nitrogens with one attached hydrogen (secondary N) is 2. The van der Waals surface area contributed by atoms with Crippen molar-refractivity contribution in [1.29, 1.82) is 0 Å². The molecule has 0 unspecified atom stereocenters. The Balaban J connectivity index is 1.31. The van der Waals surface area contributed by atoms with Gasteiger partial charge in [-0.15, -0.1) is 0 Å². The van der Waals surface area contributed by atoms with Crippen molar-refractivity contribution < 1.29 is 21.6 Å². The highest BCUT2D eigenvalue weighted by Gasteiger charge is 2.31. The molecule has 190 valence electrons. The Kier molecular flexibility index (Phi) is 7.77. The molecule has 1 aliphatic heterocycles. The lowest BCUT2D eigenvalue weighted by atomic mass is 9.97. The van der Waals surface area contributed by atoms with Gasteiger partial charge in [0.25, 0.3) is 10.0 Å². The smallest absolute Gasteiger partial charge is 0.261 e. The number of benzene rings is 3. The molecular weight excluding hydrogens is 498 g/mol. The van der Waals surface area contributed by atoms with Gasteiger partial charge in [-0.1, -0.05) is 42.5 Å². The van der Waals surface area contributed by atoms with Crippen LogP contribution in [-0.4, -0.2) is 40.1 Å². The quantitative estimate of drug-likeness (QED) is 0.460. The molecule has 1 heterocycles. The van der Waals surface area contributed by atoms with E-state index in [4.69, 9.17) is 0 Å². The number of anilines is 2. The Bertz CT molecular complexity index is 1420. The second-order valence-corrected chi connectivity index (χ2v) is 12.5. The van der Waals surface area contributed by atoms with E-state index in [-0.39, 0.29) is 35.6 Å². The van der Waals surface area contributed by atoms with Crippen molar-refractivity contribution in [3.63, 3.8) is 0 Å². The Labute approximate surface area is 212 Å². The van der Waals surface area contributed by atoms with Gasteiger partial charge in [-0.2, -0.15) is 0 Å². The molecule has 4 rings (SSSR count). The van der Waals surface area contributed by atoms with Gasteiger partial charge < -0.3 is 5.32 Å². The van der Waals surface area contributed by atoms with Crippen molar-refractivity contribution in [1.82, 2.24) is 4.31 Å². The van der Waals surface area contributed by atoms with Gasteiger partial charge in [0, 0.05) is 30.4 Å². The van der Waals surface area contributed by atoms with Gasteiger partial charge in [-0.3, -0.25) is 9.52 Å². The zero-order valence-corrected chi connectivity index (χ0v) is 21.6. The predicted molar refractivity (Wildman–Crippen MR) is 140 cm³/mol. The predicted octanol–water partition coefficient (Wildman–Crippen LogP) is 3.98. The van der Waals surface area contributed by atoms with E-state index in [9.17, 15) is 21.6 Å². The molecule has 1 fully saturated rings. The fourth-order valence-electron chi connectivity index (χ4n) is 4.14. The first-order valence-electron chi connectivity index (χ1n) is 11.7. The number of para-hydroxylation sites is 1. The van der Waals surface area contributed by atoms with Gasteiger partial charge in [-0.25, -0.2) is 21.1 Å². The number of nitrogens with zero attached hydrogens (tertiary/aromatic N) is 1. The third kappa shape index (κ3) is 6.31. The topological polar surface area (TPSA) is 113 Å². The zero-order valence-electron chi connectivity index (χ0n) is 19.9. The summed E-state index contributed by atoms with van der Waals surface area (Å²) in [6.45, 7) is 2.46. The Morgan fingerprint density at radius 3 is 2.08 bits per heavy atom. The number of aryl methyl sites for hydroxylation is 1. The van der Waals surface area contributed by atoms with Crippen molar-refractivity contribution in [3.8, 4) is 0 Å². The third-order valence-corrected chi connectivity index (χ3v) is 9.50. The number of carbonyl (C=O) groups is 1. The van der Waals surface area contributed by atoms with Crippen LogP contribution in [0.4, 0.5) is 11.4 Å². The van der Waals surface area contributed by atoms with Crippen molar-refractivity contribution in [2.24, 2.45) is 5.92 Å². The number of piperidine rings is 1. The minimum Gasteiger partial charge on any atom is -0.326 e. The van der Waals surface area contributed by atoms with E-state index in [2.05, 4.69) is 10.0 Å². The number of carbonyl (C=O) groups excluding carboxylic acids is 1. The second-order valence-electron chi connectivity index (χ2n) is 8.84. The molecule has 3 aromatic carbocycles. The van der Waals surface area contributed by atoms with Crippen LogP contribution in [0.15, 0.2) is 83.8 Å². The number of hydrogen-bond acceptors (Lipinski definition) is 5. The molecule has 0 aliphatic carbocycles. The zero-order chi connectivity index (χ0) is 25.8. The second kappa shape index (κ2) is 10.8. The van der Waals surface area contributed by atoms with Gasteiger partial charge in [0.1, 0.15) is 0 Å². The average molecular weight is 528 g/mol.